The zero-order valence-electron chi connectivity index (χ0n) is 8.99. The average Bonchev–Trinajstić information content (AvgIpc) is 2.62. The minimum absolute atomic E-state index is 0.0440. The van der Waals surface area contributed by atoms with E-state index >= 15 is 0 Å². The number of carbonyl (C=O) groups excluding carboxylic acids is 1. The van der Waals surface area contributed by atoms with Crippen LogP contribution in [-0.4, -0.2) is 25.5 Å². The molecular formula is C12H16N2O. The largest absolute Gasteiger partial charge is 0.369 e. The third-order valence-electron chi connectivity index (χ3n) is 2.74. The van der Waals surface area contributed by atoms with Crippen molar-refractivity contribution in [1.29, 1.82) is 0 Å². The molecule has 2 rings (SSSR count). The van der Waals surface area contributed by atoms with Crippen LogP contribution in [-0.2, 0) is 11.2 Å². The first-order valence-corrected chi connectivity index (χ1v) is 5.34. The minimum atomic E-state index is 0.0440. The molecule has 0 saturated heterocycles. The van der Waals surface area contributed by atoms with Gasteiger partial charge >= 0.3 is 0 Å². The molecule has 1 aliphatic heterocycles. The summed E-state index contributed by atoms with van der Waals surface area (Å²) in [5.41, 5.74) is 2.74. The zero-order valence-corrected chi connectivity index (χ0v) is 8.99. The highest BCUT2D eigenvalue weighted by Gasteiger charge is 2.17. The van der Waals surface area contributed by atoms with Gasteiger partial charge in [0.05, 0.1) is 0 Å². The summed E-state index contributed by atoms with van der Waals surface area (Å²) < 4.78 is 0. The number of para-hydroxylation sites is 1. The fourth-order valence-corrected chi connectivity index (χ4v) is 2.01. The van der Waals surface area contributed by atoms with E-state index in [-0.39, 0.29) is 5.91 Å². The van der Waals surface area contributed by atoms with Crippen molar-refractivity contribution >= 4 is 11.6 Å². The highest BCUT2D eigenvalue weighted by Crippen LogP contribution is 2.26. The van der Waals surface area contributed by atoms with E-state index < -0.39 is 0 Å². The third-order valence-corrected chi connectivity index (χ3v) is 2.74. The molecule has 0 spiro atoms. The van der Waals surface area contributed by atoms with Gasteiger partial charge in [-0.15, -0.1) is 0 Å². The molecule has 80 valence electrons. The van der Waals surface area contributed by atoms with Crippen LogP contribution in [0.5, 0.6) is 0 Å². The van der Waals surface area contributed by atoms with Crippen LogP contribution in [0.4, 0.5) is 5.69 Å². The Balaban J connectivity index is 1.93. The Morgan fingerprint density at radius 1 is 1.47 bits per heavy atom. The van der Waals surface area contributed by atoms with Crippen molar-refractivity contribution in [3.8, 4) is 0 Å². The molecule has 0 aliphatic carbocycles. The smallest absolute Gasteiger partial charge is 0.216 e. The van der Waals surface area contributed by atoms with Crippen molar-refractivity contribution in [2.45, 2.75) is 13.3 Å². The third kappa shape index (κ3) is 2.29. The Morgan fingerprint density at radius 3 is 3.07 bits per heavy atom. The molecule has 1 N–H and O–H groups in total. The Kier molecular flexibility index (Phi) is 2.90. The van der Waals surface area contributed by atoms with Crippen LogP contribution in [0.1, 0.15) is 12.5 Å². The summed E-state index contributed by atoms with van der Waals surface area (Å²) in [6.45, 7) is 4.25. The highest BCUT2D eigenvalue weighted by atomic mass is 16.1. The average molecular weight is 204 g/mol. The van der Waals surface area contributed by atoms with Crippen molar-refractivity contribution in [1.82, 2.24) is 5.32 Å². The summed E-state index contributed by atoms with van der Waals surface area (Å²) in [5.74, 6) is 0.0440. The van der Waals surface area contributed by atoms with Crippen molar-refractivity contribution in [2.24, 2.45) is 0 Å². The molecule has 1 heterocycles. The fraction of sp³-hybridized carbons (Fsp3) is 0.417. The minimum Gasteiger partial charge on any atom is -0.369 e. The Labute approximate surface area is 90.1 Å². The van der Waals surface area contributed by atoms with E-state index in [0.29, 0.717) is 0 Å². The topological polar surface area (TPSA) is 32.3 Å². The normalized spacial score (nSPS) is 13.8. The van der Waals surface area contributed by atoms with Crippen LogP contribution < -0.4 is 10.2 Å². The first-order chi connectivity index (χ1) is 7.27. The summed E-state index contributed by atoms with van der Waals surface area (Å²) in [7, 11) is 0. The molecule has 0 unspecified atom stereocenters. The maximum absolute atomic E-state index is 10.7. The molecule has 3 heteroatoms. The van der Waals surface area contributed by atoms with E-state index in [4.69, 9.17) is 0 Å². The van der Waals surface area contributed by atoms with Crippen LogP contribution in [0.25, 0.3) is 0 Å². The lowest BCUT2D eigenvalue weighted by atomic mass is 10.2. The van der Waals surface area contributed by atoms with E-state index in [1.807, 2.05) is 0 Å². The number of nitrogens with one attached hydrogen (secondary N) is 1. The second-order valence-corrected chi connectivity index (χ2v) is 3.85. The number of benzene rings is 1. The molecule has 15 heavy (non-hydrogen) atoms. The second-order valence-electron chi connectivity index (χ2n) is 3.85. The van der Waals surface area contributed by atoms with E-state index in [9.17, 15) is 4.79 Å². The number of nitrogens with zero attached hydrogens (tertiary/aromatic N) is 1. The number of fused-ring (bicyclic) bond motifs is 1. The molecule has 0 bridgehead atoms. The molecule has 0 atom stereocenters. The van der Waals surface area contributed by atoms with Gasteiger partial charge in [-0.1, -0.05) is 18.2 Å². The van der Waals surface area contributed by atoms with Gasteiger partial charge in [0.1, 0.15) is 0 Å². The fourth-order valence-electron chi connectivity index (χ4n) is 2.01. The SMILES string of the molecule is CC(=O)NCCN1CCc2ccccc21. The van der Waals surface area contributed by atoms with Gasteiger partial charge in [-0.05, 0) is 18.1 Å². The molecule has 0 radical (unpaired) electrons. The van der Waals surface area contributed by atoms with Gasteiger partial charge < -0.3 is 10.2 Å². The molecule has 1 aliphatic rings. The van der Waals surface area contributed by atoms with Crippen molar-refractivity contribution < 1.29 is 4.79 Å². The Morgan fingerprint density at radius 2 is 2.27 bits per heavy atom. The van der Waals surface area contributed by atoms with Crippen molar-refractivity contribution in [3.05, 3.63) is 29.8 Å². The number of hydrogen-bond donors (Lipinski definition) is 1. The lowest BCUT2D eigenvalue weighted by Crippen LogP contribution is -2.32. The van der Waals surface area contributed by atoms with Crippen LogP contribution >= 0.6 is 0 Å². The standard InChI is InChI=1S/C12H16N2O/c1-10(15)13-7-9-14-8-6-11-4-2-3-5-12(11)14/h2-5H,6-9H2,1H3,(H,13,15). The summed E-state index contributed by atoms with van der Waals surface area (Å²) in [6.07, 6.45) is 1.12. The van der Waals surface area contributed by atoms with Crippen LogP contribution in [0.3, 0.4) is 0 Å². The number of carbonyl (C=O) groups is 1. The van der Waals surface area contributed by atoms with Crippen LogP contribution in [0.15, 0.2) is 24.3 Å². The van der Waals surface area contributed by atoms with Crippen molar-refractivity contribution in [3.63, 3.8) is 0 Å². The number of amides is 1. The quantitative estimate of drug-likeness (QED) is 0.802. The predicted octanol–water partition coefficient (Wildman–Crippen LogP) is 1.19. The van der Waals surface area contributed by atoms with Gasteiger partial charge in [0.2, 0.25) is 5.91 Å². The van der Waals surface area contributed by atoms with Crippen LogP contribution in [0.2, 0.25) is 0 Å². The van der Waals surface area contributed by atoms with Gasteiger partial charge in [-0.25, -0.2) is 0 Å². The lowest BCUT2D eigenvalue weighted by molar-refractivity contribution is -0.118. The van der Waals surface area contributed by atoms with E-state index in [1.165, 1.54) is 11.3 Å². The first-order valence-electron chi connectivity index (χ1n) is 5.34. The summed E-state index contributed by atoms with van der Waals surface area (Å²) in [5, 5.41) is 2.82. The summed E-state index contributed by atoms with van der Waals surface area (Å²) >= 11 is 0. The predicted molar refractivity (Wildman–Crippen MR) is 61.0 cm³/mol. The maximum Gasteiger partial charge on any atom is 0.216 e. The molecule has 0 fully saturated rings. The van der Waals surface area contributed by atoms with Gasteiger partial charge in [0, 0.05) is 32.2 Å². The molecule has 0 saturated carbocycles. The lowest BCUT2D eigenvalue weighted by Gasteiger charge is -2.19. The van der Waals surface area contributed by atoms with E-state index in [2.05, 4.69) is 34.5 Å². The van der Waals surface area contributed by atoms with Gasteiger partial charge in [0.25, 0.3) is 0 Å². The summed E-state index contributed by atoms with van der Waals surface area (Å²) in [4.78, 5) is 13.1. The molecule has 0 aromatic heterocycles. The highest BCUT2D eigenvalue weighted by molar-refractivity contribution is 5.72. The Hall–Kier alpha value is -1.51. The second kappa shape index (κ2) is 4.34. The van der Waals surface area contributed by atoms with Gasteiger partial charge in [0.15, 0.2) is 0 Å². The molecular weight excluding hydrogens is 188 g/mol. The van der Waals surface area contributed by atoms with Gasteiger partial charge in [-0.2, -0.15) is 0 Å². The molecule has 3 nitrogen and oxygen atoms in total. The number of rotatable bonds is 3. The summed E-state index contributed by atoms with van der Waals surface area (Å²) in [6, 6.07) is 8.47. The van der Waals surface area contributed by atoms with E-state index in [0.717, 1.165) is 26.1 Å². The van der Waals surface area contributed by atoms with E-state index in [1.54, 1.807) is 6.92 Å². The molecule has 1 amide bonds. The maximum atomic E-state index is 10.7. The van der Waals surface area contributed by atoms with Crippen LogP contribution in [0, 0.1) is 0 Å². The van der Waals surface area contributed by atoms with Gasteiger partial charge in [-0.3, -0.25) is 4.79 Å². The Bertz CT molecular complexity index is 362. The zero-order chi connectivity index (χ0) is 10.7. The molecule has 1 aromatic rings. The van der Waals surface area contributed by atoms with Crippen molar-refractivity contribution in [2.75, 3.05) is 24.5 Å². The molecule has 1 aromatic carbocycles. The monoisotopic (exact) mass is 204 g/mol. The number of anilines is 1. The first kappa shape index (κ1) is 10.0. The number of hydrogen-bond acceptors (Lipinski definition) is 2.